The molecule has 0 radical (unpaired) electrons. The number of hydrogen-bond donors (Lipinski definition) is 3. The second-order valence-electron chi connectivity index (χ2n) is 5.06. The van der Waals surface area contributed by atoms with Gasteiger partial charge >= 0.3 is 0 Å². The van der Waals surface area contributed by atoms with Gasteiger partial charge in [0.2, 0.25) is 11.8 Å². The Bertz CT molecular complexity index is 302. The smallest absolute Gasteiger partial charge is 0.240 e. The number of carbonyl (C=O) groups is 2. The van der Waals surface area contributed by atoms with E-state index in [1.54, 1.807) is 7.11 Å². The van der Waals surface area contributed by atoms with E-state index in [0.717, 1.165) is 25.8 Å². The normalized spacial score (nSPS) is 22.8. The zero-order valence-electron chi connectivity index (χ0n) is 11.9. The molecule has 0 aromatic heterocycles. The lowest BCUT2D eigenvalue weighted by molar-refractivity contribution is -0.128. The maximum absolute atomic E-state index is 12.0. The van der Waals surface area contributed by atoms with E-state index in [4.69, 9.17) is 4.74 Å². The van der Waals surface area contributed by atoms with Crippen molar-refractivity contribution in [2.45, 2.75) is 38.1 Å². The number of nitrogens with one attached hydrogen (secondary N) is 3. The zero-order chi connectivity index (χ0) is 14.1. The number of rotatable bonds is 7. The standard InChI is InChI=1S/C13H25N3O3/c1-13(6-3-4-7-16-13)12(18)15-8-5-11(17)14-9-10-19-2/h16H,3-10H2,1-2H3,(H,14,17)(H,15,18). The van der Waals surface area contributed by atoms with Crippen LogP contribution in [-0.2, 0) is 14.3 Å². The number of ether oxygens (including phenoxy) is 1. The van der Waals surface area contributed by atoms with Crippen molar-refractivity contribution in [3.05, 3.63) is 0 Å². The molecule has 1 atom stereocenters. The van der Waals surface area contributed by atoms with E-state index >= 15 is 0 Å². The lowest BCUT2D eigenvalue weighted by atomic mass is 9.90. The van der Waals surface area contributed by atoms with Gasteiger partial charge in [0.25, 0.3) is 0 Å². The fraction of sp³-hybridized carbons (Fsp3) is 0.846. The first-order chi connectivity index (χ1) is 9.08. The summed E-state index contributed by atoms with van der Waals surface area (Å²) in [6.07, 6.45) is 3.32. The van der Waals surface area contributed by atoms with Crippen LogP contribution in [0.5, 0.6) is 0 Å². The maximum Gasteiger partial charge on any atom is 0.240 e. The van der Waals surface area contributed by atoms with Gasteiger partial charge in [0.15, 0.2) is 0 Å². The van der Waals surface area contributed by atoms with E-state index in [1.807, 2.05) is 6.92 Å². The van der Waals surface area contributed by atoms with Crippen LogP contribution in [0.3, 0.4) is 0 Å². The molecule has 6 heteroatoms. The van der Waals surface area contributed by atoms with Crippen LogP contribution in [0.25, 0.3) is 0 Å². The zero-order valence-corrected chi connectivity index (χ0v) is 11.9. The monoisotopic (exact) mass is 271 g/mol. The average molecular weight is 271 g/mol. The predicted molar refractivity (Wildman–Crippen MR) is 72.8 cm³/mol. The second-order valence-corrected chi connectivity index (χ2v) is 5.06. The number of methoxy groups -OCH3 is 1. The minimum absolute atomic E-state index is 0.0168. The third-order valence-corrected chi connectivity index (χ3v) is 3.39. The summed E-state index contributed by atoms with van der Waals surface area (Å²) < 4.78 is 4.83. The molecule has 3 N–H and O–H groups in total. The van der Waals surface area contributed by atoms with E-state index in [0.29, 0.717) is 26.1 Å². The molecule has 0 aliphatic carbocycles. The van der Waals surface area contributed by atoms with Crippen molar-refractivity contribution in [3.8, 4) is 0 Å². The van der Waals surface area contributed by atoms with Crippen molar-refractivity contribution in [2.24, 2.45) is 0 Å². The van der Waals surface area contributed by atoms with Gasteiger partial charge in [-0.1, -0.05) is 0 Å². The summed E-state index contributed by atoms with van der Waals surface area (Å²) >= 11 is 0. The van der Waals surface area contributed by atoms with Crippen molar-refractivity contribution in [1.82, 2.24) is 16.0 Å². The summed E-state index contributed by atoms with van der Waals surface area (Å²) in [5.41, 5.74) is -0.481. The van der Waals surface area contributed by atoms with E-state index in [9.17, 15) is 9.59 Å². The van der Waals surface area contributed by atoms with Crippen LogP contribution < -0.4 is 16.0 Å². The maximum atomic E-state index is 12.0. The Balaban J connectivity index is 2.17. The van der Waals surface area contributed by atoms with Crippen molar-refractivity contribution >= 4 is 11.8 Å². The number of carbonyl (C=O) groups excluding carboxylic acids is 2. The number of amides is 2. The first-order valence-corrected chi connectivity index (χ1v) is 6.87. The Morgan fingerprint density at radius 2 is 2.05 bits per heavy atom. The van der Waals surface area contributed by atoms with Crippen molar-refractivity contribution < 1.29 is 14.3 Å². The van der Waals surface area contributed by atoms with E-state index < -0.39 is 5.54 Å². The molecule has 1 heterocycles. The van der Waals surface area contributed by atoms with E-state index in [1.165, 1.54) is 0 Å². The molecule has 1 rings (SSSR count). The van der Waals surface area contributed by atoms with Gasteiger partial charge in [0.1, 0.15) is 0 Å². The molecular weight excluding hydrogens is 246 g/mol. The molecule has 1 saturated heterocycles. The Morgan fingerprint density at radius 3 is 2.68 bits per heavy atom. The summed E-state index contributed by atoms with van der Waals surface area (Å²) in [5, 5.41) is 8.78. The molecule has 0 aromatic carbocycles. The van der Waals surface area contributed by atoms with Gasteiger partial charge in [-0.15, -0.1) is 0 Å². The molecule has 1 fully saturated rings. The highest BCUT2D eigenvalue weighted by Crippen LogP contribution is 2.18. The lowest BCUT2D eigenvalue weighted by Gasteiger charge is -2.33. The van der Waals surface area contributed by atoms with Gasteiger partial charge in [-0.2, -0.15) is 0 Å². The van der Waals surface area contributed by atoms with Crippen LogP contribution in [-0.4, -0.2) is 50.7 Å². The van der Waals surface area contributed by atoms with Gasteiger partial charge in [-0.25, -0.2) is 0 Å². The fourth-order valence-corrected chi connectivity index (χ4v) is 2.12. The van der Waals surface area contributed by atoms with Crippen molar-refractivity contribution in [2.75, 3.05) is 33.4 Å². The summed E-state index contributed by atoms with van der Waals surface area (Å²) in [5.74, 6) is -0.0870. The van der Waals surface area contributed by atoms with Gasteiger partial charge in [-0.05, 0) is 32.7 Å². The van der Waals surface area contributed by atoms with Crippen LogP contribution in [0.15, 0.2) is 0 Å². The highest BCUT2D eigenvalue weighted by atomic mass is 16.5. The summed E-state index contributed by atoms with van der Waals surface area (Å²) in [4.78, 5) is 23.5. The first kappa shape index (κ1) is 15.9. The van der Waals surface area contributed by atoms with Crippen LogP contribution in [0.2, 0.25) is 0 Å². The Labute approximate surface area is 114 Å². The Morgan fingerprint density at radius 1 is 1.26 bits per heavy atom. The SMILES string of the molecule is COCCNC(=O)CCNC(=O)C1(C)CCCCN1. The second kappa shape index (κ2) is 8.12. The first-order valence-electron chi connectivity index (χ1n) is 6.87. The Hall–Kier alpha value is -1.14. The minimum atomic E-state index is -0.481. The molecule has 1 aliphatic rings. The largest absolute Gasteiger partial charge is 0.383 e. The highest BCUT2D eigenvalue weighted by Gasteiger charge is 2.33. The molecular formula is C13H25N3O3. The molecule has 0 saturated carbocycles. The van der Waals surface area contributed by atoms with Gasteiger partial charge in [0, 0.05) is 26.6 Å². The van der Waals surface area contributed by atoms with Gasteiger partial charge in [0.05, 0.1) is 12.1 Å². The molecule has 0 spiro atoms. The number of hydrogen-bond acceptors (Lipinski definition) is 4. The fourth-order valence-electron chi connectivity index (χ4n) is 2.12. The molecule has 2 amide bonds. The molecule has 1 unspecified atom stereocenters. The van der Waals surface area contributed by atoms with E-state index in [-0.39, 0.29) is 11.8 Å². The average Bonchev–Trinajstić information content (AvgIpc) is 2.40. The topological polar surface area (TPSA) is 79.5 Å². The molecule has 1 aliphatic heterocycles. The lowest BCUT2D eigenvalue weighted by Crippen LogP contribution is -2.57. The third kappa shape index (κ3) is 5.57. The van der Waals surface area contributed by atoms with Crippen LogP contribution in [0.1, 0.15) is 32.6 Å². The van der Waals surface area contributed by atoms with Crippen molar-refractivity contribution in [3.63, 3.8) is 0 Å². The highest BCUT2D eigenvalue weighted by molar-refractivity contribution is 5.86. The predicted octanol–water partition coefficient (Wildman–Crippen LogP) is -0.212. The number of piperidine rings is 1. The quantitative estimate of drug-likeness (QED) is 0.560. The van der Waals surface area contributed by atoms with Gasteiger partial charge in [-0.3, -0.25) is 9.59 Å². The van der Waals surface area contributed by atoms with Crippen molar-refractivity contribution in [1.29, 1.82) is 0 Å². The molecule has 0 bridgehead atoms. The minimum Gasteiger partial charge on any atom is -0.383 e. The van der Waals surface area contributed by atoms with Crippen LogP contribution >= 0.6 is 0 Å². The van der Waals surface area contributed by atoms with Crippen LogP contribution in [0, 0.1) is 0 Å². The molecule has 6 nitrogen and oxygen atoms in total. The van der Waals surface area contributed by atoms with Gasteiger partial charge < -0.3 is 20.7 Å². The van der Waals surface area contributed by atoms with Crippen LogP contribution in [0.4, 0.5) is 0 Å². The molecule has 110 valence electrons. The third-order valence-electron chi connectivity index (χ3n) is 3.39. The molecule has 19 heavy (non-hydrogen) atoms. The summed E-state index contributed by atoms with van der Waals surface area (Å²) in [6.45, 7) is 4.17. The molecule has 0 aromatic rings. The Kier molecular flexibility index (Phi) is 6.80. The summed E-state index contributed by atoms with van der Waals surface area (Å²) in [6, 6.07) is 0. The summed E-state index contributed by atoms with van der Waals surface area (Å²) in [7, 11) is 1.59. The van der Waals surface area contributed by atoms with E-state index in [2.05, 4.69) is 16.0 Å².